The average molecular weight is 956 g/mol. The van der Waals surface area contributed by atoms with E-state index in [1.54, 1.807) is 0 Å². The van der Waals surface area contributed by atoms with Crippen molar-refractivity contribution in [2.45, 2.75) is 245 Å². The number of hydrogen-bond donors (Lipinski definition) is 0. The first-order chi connectivity index (χ1) is 34.0. The van der Waals surface area contributed by atoms with Crippen molar-refractivity contribution in [3.8, 4) is 0 Å². The molecule has 6 heteroatoms. The van der Waals surface area contributed by atoms with Crippen molar-refractivity contribution in [2.24, 2.45) is 0 Å². The lowest BCUT2D eigenvalue weighted by Crippen LogP contribution is -2.30. The van der Waals surface area contributed by atoms with E-state index in [1.807, 2.05) is 0 Å². The minimum Gasteiger partial charge on any atom is -0.462 e. The number of ether oxygens (including phenoxy) is 3. The number of esters is 3. The number of carbonyl (C=O) groups is 3. The Morgan fingerprint density at radius 2 is 0.594 bits per heavy atom. The molecule has 0 bridgehead atoms. The zero-order valence-electron chi connectivity index (χ0n) is 44.5. The maximum absolute atomic E-state index is 12.7. The number of carbonyl (C=O) groups excluding carboxylic acids is 3. The fourth-order valence-electron chi connectivity index (χ4n) is 7.26. The first-order valence-corrected chi connectivity index (χ1v) is 28.0. The Bertz CT molecular complexity index is 1470. The van der Waals surface area contributed by atoms with Crippen molar-refractivity contribution in [1.29, 1.82) is 0 Å². The second-order valence-corrected chi connectivity index (χ2v) is 18.1. The van der Waals surface area contributed by atoms with Gasteiger partial charge in [-0.25, -0.2) is 0 Å². The summed E-state index contributed by atoms with van der Waals surface area (Å²) in [4.78, 5) is 37.8. The molecule has 0 spiro atoms. The average Bonchev–Trinajstić information content (AvgIpc) is 3.35. The Labute approximate surface area is 424 Å². The van der Waals surface area contributed by atoms with Crippen LogP contribution in [0.25, 0.3) is 0 Å². The van der Waals surface area contributed by atoms with Gasteiger partial charge in [0.25, 0.3) is 0 Å². The van der Waals surface area contributed by atoms with Crippen LogP contribution in [0.2, 0.25) is 0 Å². The highest BCUT2D eigenvalue weighted by molar-refractivity contribution is 5.71. The van der Waals surface area contributed by atoms with Crippen LogP contribution < -0.4 is 0 Å². The highest BCUT2D eigenvalue weighted by atomic mass is 16.6. The molecule has 1 atom stereocenters. The molecule has 0 heterocycles. The van der Waals surface area contributed by atoms with E-state index in [0.717, 1.165) is 154 Å². The third-order valence-corrected chi connectivity index (χ3v) is 11.4. The van der Waals surface area contributed by atoms with Crippen LogP contribution in [0.15, 0.2) is 122 Å². The van der Waals surface area contributed by atoms with E-state index >= 15 is 0 Å². The summed E-state index contributed by atoms with van der Waals surface area (Å²) in [5.74, 6) is -0.932. The van der Waals surface area contributed by atoms with Crippen LogP contribution in [-0.4, -0.2) is 37.2 Å². The minimum atomic E-state index is -0.790. The number of hydrogen-bond acceptors (Lipinski definition) is 6. The van der Waals surface area contributed by atoms with E-state index in [-0.39, 0.29) is 31.1 Å². The molecular weight excluding hydrogens is 853 g/mol. The monoisotopic (exact) mass is 955 g/mol. The Balaban J connectivity index is 4.19. The second kappa shape index (κ2) is 56.4. The topological polar surface area (TPSA) is 78.9 Å². The summed E-state index contributed by atoms with van der Waals surface area (Å²) in [6.45, 7) is 6.38. The van der Waals surface area contributed by atoms with Gasteiger partial charge in [-0.2, -0.15) is 0 Å². The van der Waals surface area contributed by atoms with E-state index in [4.69, 9.17) is 14.2 Å². The SMILES string of the molecule is CC/C=C\C/C=C\C/C=C\C/C=C\C/C=C\C/C=C\C/C=C\C/C=C\CCCCCCCCC(=O)OCC(COC(=O)CCCCCCCCC)OC(=O)CCCCCCC/C=C\C/C=C\CCC. The maximum Gasteiger partial charge on any atom is 0.306 e. The third-order valence-electron chi connectivity index (χ3n) is 11.4. The van der Waals surface area contributed by atoms with Gasteiger partial charge in [0.2, 0.25) is 0 Å². The largest absolute Gasteiger partial charge is 0.462 e. The summed E-state index contributed by atoms with van der Waals surface area (Å²) in [6, 6.07) is 0. The molecule has 0 saturated heterocycles. The molecule has 0 N–H and O–H groups in total. The van der Waals surface area contributed by atoms with Crippen LogP contribution >= 0.6 is 0 Å². The van der Waals surface area contributed by atoms with Gasteiger partial charge in [-0.15, -0.1) is 0 Å². The van der Waals surface area contributed by atoms with Gasteiger partial charge in [-0.05, 0) is 109 Å². The summed E-state index contributed by atoms with van der Waals surface area (Å²) in [6.07, 6.45) is 77.8. The Kier molecular flexibility index (Phi) is 53.0. The quantitative estimate of drug-likeness (QED) is 0.0262. The Morgan fingerprint density at radius 3 is 0.942 bits per heavy atom. The molecule has 0 saturated carbocycles. The van der Waals surface area contributed by atoms with Gasteiger partial charge in [0.15, 0.2) is 6.10 Å². The highest BCUT2D eigenvalue weighted by Crippen LogP contribution is 2.13. The van der Waals surface area contributed by atoms with Crippen LogP contribution in [-0.2, 0) is 28.6 Å². The van der Waals surface area contributed by atoms with Crippen molar-refractivity contribution >= 4 is 17.9 Å². The summed E-state index contributed by atoms with van der Waals surface area (Å²) in [5.41, 5.74) is 0. The van der Waals surface area contributed by atoms with Crippen LogP contribution in [0.5, 0.6) is 0 Å². The number of rotatable bonds is 49. The molecule has 0 rings (SSSR count). The van der Waals surface area contributed by atoms with Gasteiger partial charge in [0.1, 0.15) is 13.2 Å². The summed E-state index contributed by atoms with van der Waals surface area (Å²) >= 11 is 0. The predicted molar refractivity (Wildman–Crippen MR) is 297 cm³/mol. The molecule has 0 aromatic rings. The molecular formula is C63H102O6. The van der Waals surface area contributed by atoms with E-state index in [1.165, 1.54) is 44.9 Å². The zero-order valence-corrected chi connectivity index (χ0v) is 44.5. The molecule has 0 radical (unpaired) electrons. The van der Waals surface area contributed by atoms with Crippen molar-refractivity contribution in [3.05, 3.63) is 122 Å². The third kappa shape index (κ3) is 54.6. The fourth-order valence-corrected chi connectivity index (χ4v) is 7.26. The lowest BCUT2D eigenvalue weighted by atomic mass is 10.1. The highest BCUT2D eigenvalue weighted by Gasteiger charge is 2.19. The number of unbranched alkanes of at least 4 members (excludes halogenated alkanes) is 18. The molecule has 0 amide bonds. The van der Waals surface area contributed by atoms with E-state index in [0.29, 0.717) is 19.3 Å². The standard InChI is InChI=1S/C63H102O6/c1-4-7-10-13-16-18-20-22-23-24-25-26-27-28-29-30-31-32-33-34-35-36-37-38-39-41-42-44-47-50-53-56-62(65)68-59-60(58-67-61(64)55-52-49-46-15-12-9-6-3)69-63(66)57-54-51-48-45-43-40-21-19-17-14-11-8-5-2/h7,10-11,14,16,18-19,21-23,25-26,28-29,31-32,34-35,37-38,60H,4-6,8-9,12-13,15,17,20,24,27,30,33,36,39-59H2,1-3H3/b10-7-,14-11-,18-16-,21-19-,23-22-,26-25-,29-28-,32-31-,35-34-,38-37-. The maximum atomic E-state index is 12.7. The summed E-state index contributed by atoms with van der Waals surface area (Å²) in [7, 11) is 0. The van der Waals surface area contributed by atoms with Crippen LogP contribution in [0.1, 0.15) is 239 Å². The van der Waals surface area contributed by atoms with Gasteiger partial charge in [0.05, 0.1) is 0 Å². The summed E-state index contributed by atoms with van der Waals surface area (Å²) < 4.78 is 16.7. The van der Waals surface area contributed by atoms with Crippen LogP contribution in [0.3, 0.4) is 0 Å². The van der Waals surface area contributed by atoms with Crippen molar-refractivity contribution in [2.75, 3.05) is 13.2 Å². The molecule has 1 unspecified atom stereocenters. The molecule has 69 heavy (non-hydrogen) atoms. The fraction of sp³-hybridized carbons (Fsp3) is 0.635. The number of allylic oxidation sites excluding steroid dienone is 20. The molecule has 0 aromatic carbocycles. The molecule has 0 aromatic heterocycles. The smallest absolute Gasteiger partial charge is 0.306 e. The molecule has 390 valence electrons. The van der Waals surface area contributed by atoms with Crippen LogP contribution in [0.4, 0.5) is 0 Å². The van der Waals surface area contributed by atoms with Gasteiger partial charge in [-0.3, -0.25) is 14.4 Å². The molecule has 0 fully saturated rings. The molecule has 0 aliphatic carbocycles. The first-order valence-electron chi connectivity index (χ1n) is 28.0. The van der Waals surface area contributed by atoms with Crippen molar-refractivity contribution in [1.82, 2.24) is 0 Å². The zero-order chi connectivity index (χ0) is 50.0. The molecule has 6 nitrogen and oxygen atoms in total. The van der Waals surface area contributed by atoms with Gasteiger partial charge < -0.3 is 14.2 Å². The predicted octanol–water partition coefficient (Wildman–Crippen LogP) is 18.9. The van der Waals surface area contributed by atoms with Gasteiger partial charge in [-0.1, -0.05) is 232 Å². The van der Waals surface area contributed by atoms with Crippen molar-refractivity contribution < 1.29 is 28.6 Å². The summed E-state index contributed by atoms with van der Waals surface area (Å²) in [5, 5.41) is 0. The van der Waals surface area contributed by atoms with E-state index < -0.39 is 6.10 Å². The normalized spacial score (nSPS) is 13.0. The van der Waals surface area contributed by atoms with Crippen LogP contribution in [0, 0.1) is 0 Å². The Hall–Kier alpha value is -4.19. The van der Waals surface area contributed by atoms with E-state index in [9.17, 15) is 14.4 Å². The second-order valence-electron chi connectivity index (χ2n) is 18.1. The van der Waals surface area contributed by atoms with Gasteiger partial charge >= 0.3 is 17.9 Å². The van der Waals surface area contributed by atoms with Gasteiger partial charge in [0, 0.05) is 19.3 Å². The lowest BCUT2D eigenvalue weighted by Gasteiger charge is -2.18. The minimum absolute atomic E-state index is 0.0901. The molecule has 0 aliphatic rings. The Morgan fingerprint density at radius 1 is 0.304 bits per heavy atom. The van der Waals surface area contributed by atoms with E-state index in [2.05, 4.69) is 142 Å². The first kappa shape index (κ1) is 64.8. The van der Waals surface area contributed by atoms with Crippen molar-refractivity contribution in [3.63, 3.8) is 0 Å². The lowest BCUT2D eigenvalue weighted by molar-refractivity contribution is -0.167. The molecule has 0 aliphatic heterocycles.